The summed E-state index contributed by atoms with van der Waals surface area (Å²) in [5.74, 6) is -0.653. The zero-order valence-corrected chi connectivity index (χ0v) is 16.3. The van der Waals surface area contributed by atoms with E-state index in [4.69, 9.17) is 0 Å². The number of amides is 2. The van der Waals surface area contributed by atoms with Crippen LogP contribution in [-0.2, 0) is 4.79 Å². The minimum Gasteiger partial charge on any atom is -0.508 e. The van der Waals surface area contributed by atoms with E-state index >= 15 is 0 Å². The van der Waals surface area contributed by atoms with Gasteiger partial charge in [0.05, 0.1) is 11.4 Å². The maximum atomic E-state index is 12.3. The van der Waals surface area contributed by atoms with E-state index in [1.54, 1.807) is 11.8 Å². The minimum atomic E-state index is -0.441. The second kappa shape index (κ2) is 8.28. The van der Waals surface area contributed by atoms with Gasteiger partial charge in [-0.15, -0.1) is 0 Å². The molecule has 1 aliphatic rings. The van der Waals surface area contributed by atoms with Crippen LogP contribution in [0.5, 0.6) is 5.75 Å². The van der Waals surface area contributed by atoms with Crippen LogP contribution in [0.2, 0.25) is 0 Å². The number of carbonyl (C=O) groups excluding carboxylic acids is 2. The van der Waals surface area contributed by atoms with Gasteiger partial charge in [-0.25, -0.2) is 0 Å². The Morgan fingerprint density at radius 1 is 0.828 bits per heavy atom. The molecule has 0 unspecified atom stereocenters. The predicted octanol–water partition coefficient (Wildman–Crippen LogP) is 3.85. The number of fused-ring (bicyclic) bond motifs is 2. The SMILES string of the molecule is O=C(CCN1c2ccccc2Sc2ccccc21)NNC(=O)c1ccc(O)cc1. The van der Waals surface area contributed by atoms with E-state index < -0.39 is 5.91 Å². The number of hydrogen-bond acceptors (Lipinski definition) is 5. The first-order valence-corrected chi connectivity index (χ1v) is 9.95. The standard InChI is InChI=1S/C22H19N3O3S/c26-16-11-9-15(10-12-16)22(28)24-23-21(27)13-14-25-17-5-1-3-7-19(17)29-20-8-4-2-6-18(20)25/h1-12,26H,13-14H2,(H,23,27)(H,24,28). The Labute approximate surface area is 172 Å². The highest BCUT2D eigenvalue weighted by atomic mass is 32.2. The highest BCUT2D eigenvalue weighted by Gasteiger charge is 2.23. The number of hydrazine groups is 1. The number of carbonyl (C=O) groups is 2. The summed E-state index contributed by atoms with van der Waals surface area (Å²) in [6.45, 7) is 0.482. The van der Waals surface area contributed by atoms with Crippen LogP contribution in [0.3, 0.4) is 0 Å². The third kappa shape index (κ3) is 4.20. The molecule has 29 heavy (non-hydrogen) atoms. The van der Waals surface area contributed by atoms with Crippen molar-refractivity contribution in [3.63, 3.8) is 0 Å². The van der Waals surface area contributed by atoms with Gasteiger partial charge in [-0.2, -0.15) is 0 Å². The third-order valence-electron chi connectivity index (χ3n) is 4.54. The van der Waals surface area contributed by atoms with E-state index in [0.29, 0.717) is 12.1 Å². The minimum absolute atomic E-state index is 0.0749. The smallest absolute Gasteiger partial charge is 0.269 e. The van der Waals surface area contributed by atoms with E-state index in [-0.39, 0.29) is 18.1 Å². The summed E-state index contributed by atoms with van der Waals surface area (Å²) in [5, 5.41) is 9.28. The van der Waals surface area contributed by atoms with Crippen molar-refractivity contribution >= 4 is 35.0 Å². The molecule has 0 bridgehead atoms. The summed E-state index contributed by atoms with van der Waals surface area (Å²) in [7, 11) is 0. The maximum Gasteiger partial charge on any atom is 0.269 e. The van der Waals surface area contributed by atoms with Crippen LogP contribution >= 0.6 is 11.8 Å². The van der Waals surface area contributed by atoms with E-state index in [1.165, 1.54) is 24.3 Å². The van der Waals surface area contributed by atoms with Crippen LogP contribution in [0.4, 0.5) is 11.4 Å². The molecule has 0 spiro atoms. The van der Waals surface area contributed by atoms with Crippen molar-refractivity contribution in [1.29, 1.82) is 0 Å². The van der Waals surface area contributed by atoms with E-state index in [1.807, 2.05) is 36.4 Å². The highest BCUT2D eigenvalue weighted by Crippen LogP contribution is 2.47. The average molecular weight is 405 g/mol. The van der Waals surface area contributed by atoms with Gasteiger partial charge in [-0.3, -0.25) is 20.4 Å². The van der Waals surface area contributed by atoms with Crippen LogP contribution in [0.25, 0.3) is 0 Å². The normalized spacial score (nSPS) is 11.9. The van der Waals surface area contributed by atoms with Gasteiger partial charge in [0.25, 0.3) is 5.91 Å². The lowest BCUT2D eigenvalue weighted by Gasteiger charge is -2.32. The van der Waals surface area contributed by atoms with E-state index in [0.717, 1.165) is 21.2 Å². The fourth-order valence-corrected chi connectivity index (χ4v) is 4.21. The molecule has 3 aromatic carbocycles. The summed E-state index contributed by atoms with van der Waals surface area (Å²) in [5.41, 5.74) is 7.33. The molecule has 0 fully saturated rings. The number of nitrogens with zero attached hydrogens (tertiary/aromatic N) is 1. The molecule has 0 saturated carbocycles. The van der Waals surface area contributed by atoms with Gasteiger partial charge in [0.15, 0.2) is 0 Å². The number of para-hydroxylation sites is 2. The number of benzene rings is 3. The predicted molar refractivity (Wildman–Crippen MR) is 112 cm³/mol. The Hall–Kier alpha value is -3.45. The Morgan fingerprint density at radius 3 is 2.03 bits per heavy atom. The Kier molecular flexibility index (Phi) is 5.39. The lowest BCUT2D eigenvalue weighted by atomic mass is 10.2. The fraction of sp³-hybridized carbons (Fsp3) is 0.0909. The van der Waals surface area contributed by atoms with Crippen molar-refractivity contribution in [3.05, 3.63) is 78.4 Å². The topological polar surface area (TPSA) is 81.7 Å². The molecule has 0 radical (unpaired) electrons. The molecule has 6 nitrogen and oxygen atoms in total. The Balaban J connectivity index is 1.39. The van der Waals surface area contributed by atoms with Gasteiger partial charge in [0.2, 0.25) is 5.91 Å². The average Bonchev–Trinajstić information content (AvgIpc) is 2.75. The molecule has 0 saturated heterocycles. The first kappa shape index (κ1) is 18.9. The molecule has 3 aromatic rings. The summed E-state index contributed by atoms with van der Waals surface area (Å²) in [6.07, 6.45) is 0.212. The number of phenolic OH excluding ortho intramolecular Hbond substituents is 1. The van der Waals surface area contributed by atoms with E-state index in [9.17, 15) is 14.7 Å². The van der Waals surface area contributed by atoms with Gasteiger partial charge < -0.3 is 10.0 Å². The van der Waals surface area contributed by atoms with Gasteiger partial charge in [0.1, 0.15) is 5.75 Å². The monoisotopic (exact) mass is 405 g/mol. The summed E-state index contributed by atoms with van der Waals surface area (Å²) >= 11 is 1.72. The summed E-state index contributed by atoms with van der Waals surface area (Å²) < 4.78 is 0. The largest absolute Gasteiger partial charge is 0.508 e. The molecule has 146 valence electrons. The van der Waals surface area contributed by atoms with Crippen molar-refractivity contribution in [2.45, 2.75) is 16.2 Å². The third-order valence-corrected chi connectivity index (χ3v) is 5.67. The zero-order valence-electron chi connectivity index (χ0n) is 15.5. The van der Waals surface area contributed by atoms with Crippen molar-refractivity contribution in [3.8, 4) is 5.75 Å². The van der Waals surface area contributed by atoms with Gasteiger partial charge in [0, 0.05) is 28.3 Å². The number of anilines is 2. The van der Waals surface area contributed by atoms with Crippen LogP contribution in [-0.4, -0.2) is 23.5 Å². The van der Waals surface area contributed by atoms with Crippen LogP contribution < -0.4 is 15.8 Å². The highest BCUT2D eigenvalue weighted by molar-refractivity contribution is 7.99. The van der Waals surface area contributed by atoms with Crippen LogP contribution in [0.1, 0.15) is 16.8 Å². The summed E-state index contributed by atoms with van der Waals surface area (Å²) in [6, 6.07) is 22.0. The lowest BCUT2D eigenvalue weighted by Crippen LogP contribution is -2.42. The zero-order chi connectivity index (χ0) is 20.2. The van der Waals surface area contributed by atoms with Gasteiger partial charge >= 0.3 is 0 Å². The Bertz CT molecular complexity index is 1010. The molecule has 2 amide bonds. The fourth-order valence-electron chi connectivity index (χ4n) is 3.11. The molecule has 1 aliphatic heterocycles. The number of nitrogens with one attached hydrogen (secondary N) is 2. The van der Waals surface area contributed by atoms with Gasteiger partial charge in [-0.05, 0) is 48.5 Å². The van der Waals surface area contributed by atoms with Crippen molar-refractivity contribution in [2.75, 3.05) is 11.4 Å². The number of phenols is 1. The molecule has 1 heterocycles. The van der Waals surface area contributed by atoms with Crippen molar-refractivity contribution < 1.29 is 14.7 Å². The molecule has 0 aromatic heterocycles. The molecule has 4 rings (SSSR count). The number of hydrogen-bond donors (Lipinski definition) is 3. The van der Waals surface area contributed by atoms with Crippen LogP contribution in [0, 0.1) is 0 Å². The molecular formula is C22H19N3O3S. The first-order chi connectivity index (χ1) is 14.1. The lowest BCUT2D eigenvalue weighted by molar-refractivity contribution is -0.121. The molecular weight excluding hydrogens is 386 g/mol. The van der Waals surface area contributed by atoms with Gasteiger partial charge in [-0.1, -0.05) is 36.0 Å². The van der Waals surface area contributed by atoms with Crippen molar-refractivity contribution in [1.82, 2.24) is 10.9 Å². The summed E-state index contributed by atoms with van der Waals surface area (Å²) in [4.78, 5) is 28.8. The first-order valence-electron chi connectivity index (χ1n) is 9.13. The van der Waals surface area contributed by atoms with Crippen molar-refractivity contribution in [2.24, 2.45) is 0 Å². The number of aromatic hydroxyl groups is 1. The van der Waals surface area contributed by atoms with Crippen LogP contribution in [0.15, 0.2) is 82.6 Å². The second-order valence-electron chi connectivity index (χ2n) is 6.49. The van der Waals surface area contributed by atoms with E-state index in [2.05, 4.69) is 27.9 Å². The quantitative estimate of drug-likeness (QED) is 0.575. The Morgan fingerprint density at radius 2 is 1.41 bits per heavy atom. The molecule has 3 N–H and O–H groups in total. The maximum absolute atomic E-state index is 12.3. The second-order valence-corrected chi connectivity index (χ2v) is 7.57. The molecule has 0 aliphatic carbocycles. The molecule has 0 atom stereocenters. The molecule has 7 heteroatoms. The number of rotatable bonds is 4.